The highest BCUT2D eigenvalue weighted by Crippen LogP contribution is 2.22. The van der Waals surface area contributed by atoms with Crippen molar-refractivity contribution in [1.29, 1.82) is 0 Å². The lowest BCUT2D eigenvalue weighted by Crippen LogP contribution is -2.30. The fraction of sp³-hybridized carbons (Fsp3) is 0.273. The molecule has 0 aliphatic rings. The van der Waals surface area contributed by atoms with Crippen molar-refractivity contribution in [3.05, 3.63) is 70.1 Å². The Morgan fingerprint density at radius 3 is 2.52 bits per heavy atom. The number of aryl methyl sites for hydroxylation is 1. The Hall–Kier alpha value is -3.08. The summed E-state index contributed by atoms with van der Waals surface area (Å²) in [7, 11) is 3.21. The Labute approximate surface area is 158 Å². The van der Waals surface area contributed by atoms with E-state index in [0.717, 1.165) is 24.9 Å². The molecule has 0 bridgehead atoms. The minimum atomic E-state index is -0.649. The number of anilines is 1. The second kappa shape index (κ2) is 8.08. The van der Waals surface area contributed by atoms with Gasteiger partial charge in [-0.15, -0.1) is 0 Å². The van der Waals surface area contributed by atoms with E-state index in [-0.39, 0.29) is 5.56 Å². The highest BCUT2D eigenvalue weighted by Gasteiger charge is 2.19. The van der Waals surface area contributed by atoms with Crippen molar-refractivity contribution in [3.8, 4) is 5.75 Å². The molecule has 0 spiro atoms. The first-order chi connectivity index (χ1) is 13.0. The highest BCUT2D eigenvalue weighted by molar-refractivity contribution is 6.06. The van der Waals surface area contributed by atoms with Crippen LogP contribution in [-0.4, -0.2) is 20.1 Å². The molecule has 140 valence electrons. The molecule has 3 rings (SSSR count). The minimum absolute atomic E-state index is 0.00619. The van der Waals surface area contributed by atoms with Crippen LogP contribution >= 0.6 is 0 Å². The van der Waals surface area contributed by atoms with Gasteiger partial charge in [0, 0.05) is 18.1 Å². The van der Waals surface area contributed by atoms with Crippen LogP contribution in [0.3, 0.4) is 0 Å². The molecule has 0 aliphatic carbocycles. The zero-order valence-corrected chi connectivity index (χ0v) is 15.8. The number of unbranched alkanes of at least 4 members (excludes halogenated alkanes) is 1. The van der Waals surface area contributed by atoms with Crippen LogP contribution in [0.4, 0.5) is 5.69 Å². The summed E-state index contributed by atoms with van der Waals surface area (Å²) in [6, 6.07) is 14.5. The molecule has 0 atom stereocenters. The quantitative estimate of drug-likeness (QED) is 0.607. The summed E-state index contributed by atoms with van der Waals surface area (Å²) >= 11 is 0. The van der Waals surface area contributed by atoms with Crippen LogP contribution in [0.15, 0.2) is 57.7 Å². The van der Waals surface area contributed by atoms with Crippen LogP contribution in [-0.2, 0) is 6.42 Å². The topological polar surface area (TPSA) is 59.8 Å². The first-order valence-electron chi connectivity index (χ1n) is 9.02. The summed E-state index contributed by atoms with van der Waals surface area (Å²) in [4.78, 5) is 26.6. The number of methoxy groups -OCH3 is 1. The number of carbonyl (C=O) groups excluding carboxylic acids is 1. The number of amides is 1. The SMILES string of the molecule is CCCCc1ccc(N(C)C(=O)c2cc3cc(OC)ccc3oc2=O)cc1. The molecule has 0 radical (unpaired) electrons. The second-order valence-corrected chi connectivity index (χ2v) is 6.49. The molecule has 1 amide bonds. The first-order valence-corrected chi connectivity index (χ1v) is 9.02. The number of hydrogen-bond acceptors (Lipinski definition) is 4. The van der Waals surface area contributed by atoms with Crippen molar-refractivity contribution in [2.75, 3.05) is 19.1 Å². The number of carbonyl (C=O) groups is 1. The van der Waals surface area contributed by atoms with Gasteiger partial charge in [0.1, 0.15) is 16.9 Å². The van der Waals surface area contributed by atoms with Crippen LogP contribution in [0.5, 0.6) is 5.75 Å². The van der Waals surface area contributed by atoms with Crippen molar-refractivity contribution in [1.82, 2.24) is 0 Å². The normalized spacial score (nSPS) is 10.8. The largest absolute Gasteiger partial charge is 0.497 e. The van der Waals surface area contributed by atoms with Crippen LogP contribution in [0, 0.1) is 0 Å². The third-order valence-electron chi connectivity index (χ3n) is 4.62. The molecular formula is C22H23NO4. The molecule has 27 heavy (non-hydrogen) atoms. The summed E-state index contributed by atoms with van der Waals surface area (Å²) in [6.07, 6.45) is 3.29. The first kappa shape index (κ1) is 18.7. The Morgan fingerprint density at radius 1 is 1.11 bits per heavy atom. The molecular weight excluding hydrogens is 342 g/mol. The van der Waals surface area contributed by atoms with E-state index in [2.05, 4.69) is 6.92 Å². The van der Waals surface area contributed by atoms with Gasteiger partial charge >= 0.3 is 5.63 Å². The van der Waals surface area contributed by atoms with Crippen molar-refractivity contribution in [2.24, 2.45) is 0 Å². The van der Waals surface area contributed by atoms with Gasteiger partial charge in [0.05, 0.1) is 7.11 Å². The van der Waals surface area contributed by atoms with Crippen LogP contribution < -0.4 is 15.3 Å². The molecule has 1 aromatic heterocycles. The summed E-state index contributed by atoms with van der Waals surface area (Å²) in [5.74, 6) is 0.223. The molecule has 0 fully saturated rings. The number of rotatable bonds is 6. The predicted molar refractivity (Wildman–Crippen MR) is 107 cm³/mol. The molecule has 0 saturated heterocycles. The highest BCUT2D eigenvalue weighted by atomic mass is 16.5. The van der Waals surface area contributed by atoms with Crippen molar-refractivity contribution in [2.45, 2.75) is 26.2 Å². The maximum atomic E-state index is 12.9. The van der Waals surface area contributed by atoms with E-state index in [4.69, 9.17) is 9.15 Å². The van der Waals surface area contributed by atoms with E-state index in [1.54, 1.807) is 38.4 Å². The molecule has 2 aromatic carbocycles. The van der Waals surface area contributed by atoms with Gasteiger partial charge in [0.25, 0.3) is 5.91 Å². The van der Waals surface area contributed by atoms with E-state index in [1.165, 1.54) is 10.5 Å². The number of fused-ring (bicyclic) bond motifs is 1. The summed E-state index contributed by atoms with van der Waals surface area (Å²) in [6.45, 7) is 2.16. The lowest BCUT2D eigenvalue weighted by molar-refractivity contribution is 0.0989. The molecule has 0 saturated carbocycles. The van der Waals surface area contributed by atoms with E-state index in [0.29, 0.717) is 16.7 Å². The smallest absolute Gasteiger partial charge is 0.349 e. The minimum Gasteiger partial charge on any atom is -0.497 e. The molecule has 0 N–H and O–H groups in total. The van der Waals surface area contributed by atoms with Gasteiger partial charge in [-0.3, -0.25) is 4.79 Å². The van der Waals surface area contributed by atoms with Gasteiger partial charge in [0.15, 0.2) is 0 Å². The Balaban J connectivity index is 1.89. The average Bonchev–Trinajstić information content (AvgIpc) is 2.70. The lowest BCUT2D eigenvalue weighted by atomic mass is 10.1. The monoisotopic (exact) mass is 365 g/mol. The summed E-state index contributed by atoms with van der Waals surface area (Å²) in [5, 5.41) is 0.639. The number of benzene rings is 2. The number of nitrogens with zero attached hydrogens (tertiary/aromatic N) is 1. The van der Waals surface area contributed by atoms with Gasteiger partial charge in [-0.25, -0.2) is 4.79 Å². The van der Waals surface area contributed by atoms with Crippen molar-refractivity contribution < 1.29 is 13.9 Å². The van der Waals surface area contributed by atoms with Gasteiger partial charge in [-0.1, -0.05) is 25.5 Å². The lowest BCUT2D eigenvalue weighted by Gasteiger charge is -2.17. The van der Waals surface area contributed by atoms with E-state index in [9.17, 15) is 9.59 Å². The summed E-state index contributed by atoms with van der Waals surface area (Å²) < 4.78 is 10.5. The number of ether oxygens (including phenoxy) is 1. The maximum absolute atomic E-state index is 12.9. The molecule has 5 nitrogen and oxygen atoms in total. The van der Waals surface area contributed by atoms with Crippen molar-refractivity contribution >= 4 is 22.6 Å². The van der Waals surface area contributed by atoms with E-state index < -0.39 is 11.5 Å². The molecule has 5 heteroatoms. The molecule has 0 aliphatic heterocycles. The number of hydrogen-bond donors (Lipinski definition) is 0. The molecule has 1 heterocycles. The Bertz CT molecular complexity index is 1000. The maximum Gasteiger partial charge on any atom is 0.349 e. The average molecular weight is 365 g/mol. The predicted octanol–water partition coefficient (Wildman–Crippen LogP) is 4.42. The van der Waals surface area contributed by atoms with Crippen LogP contribution in [0.25, 0.3) is 11.0 Å². The summed E-state index contributed by atoms with van der Waals surface area (Å²) in [5.41, 5.74) is 1.72. The fourth-order valence-electron chi connectivity index (χ4n) is 2.94. The van der Waals surface area contributed by atoms with Crippen molar-refractivity contribution in [3.63, 3.8) is 0 Å². The van der Waals surface area contributed by atoms with Gasteiger partial charge < -0.3 is 14.1 Å². The zero-order chi connectivity index (χ0) is 19.4. The van der Waals surface area contributed by atoms with Gasteiger partial charge in [0.2, 0.25) is 0 Å². The third-order valence-corrected chi connectivity index (χ3v) is 4.62. The Kier molecular flexibility index (Phi) is 5.60. The zero-order valence-electron chi connectivity index (χ0n) is 15.8. The standard InChI is InChI=1S/C22H23NO4/c1-4-5-6-15-7-9-17(10-8-15)23(2)21(24)19-14-16-13-18(26-3)11-12-20(16)27-22(19)25/h7-14H,4-6H2,1-3H3. The van der Waals surface area contributed by atoms with E-state index in [1.807, 2.05) is 24.3 Å². The van der Waals surface area contributed by atoms with Crippen LogP contribution in [0.1, 0.15) is 35.7 Å². The second-order valence-electron chi connectivity index (χ2n) is 6.49. The molecule has 3 aromatic rings. The fourth-order valence-corrected chi connectivity index (χ4v) is 2.94. The van der Waals surface area contributed by atoms with Crippen LogP contribution in [0.2, 0.25) is 0 Å². The van der Waals surface area contributed by atoms with Gasteiger partial charge in [-0.05, 0) is 54.8 Å². The van der Waals surface area contributed by atoms with Gasteiger partial charge in [-0.2, -0.15) is 0 Å². The Morgan fingerprint density at radius 2 is 1.85 bits per heavy atom. The third kappa shape index (κ3) is 4.03. The van der Waals surface area contributed by atoms with E-state index >= 15 is 0 Å². The molecule has 0 unspecified atom stereocenters.